The molecule has 1 N–H and O–H groups in total. The normalized spacial score (nSPS) is 13.5. The van der Waals surface area contributed by atoms with Gasteiger partial charge in [0.1, 0.15) is 5.75 Å². The van der Waals surface area contributed by atoms with E-state index in [1.165, 1.54) is 4.57 Å². The molecule has 0 radical (unpaired) electrons. The number of halogens is 1. The molecule has 0 atom stereocenters. The first-order valence-electron chi connectivity index (χ1n) is 12.4. The smallest absolute Gasteiger partial charge is 0.266 e. The highest BCUT2D eigenvalue weighted by molar-refractivity contribution is 7.99. The van der Waals surface area contributed by atoms with Gasteiger partial charge in [-0.3, -0.25) is 19.0 Å². The van der Waals surface area contributed by atoms with Crippen LogP contribution in [0.4, 0.5) is 0 Å². The average molecular weight is 548 g/mol. The van der Waals surface area contributed by atoms with Gasteiger partial charge in [0, 0.05) is 22.2 Å². The number of aromatic nitrogens is 2. The van der Waals surface area contributed by atoms with Gasteiger partial charge < -0.3 is 10.1 Å². The molecule has 194 valence electrons. The van der Waals surface area contributed by atoms with E-state index in [1.807, 2.05) is 0 Å². The summed E-state index contributed by atoms with van der Waals surface area (Å²) in [5.74, 6) is 0.387. The van der Waals surface area contributed by atoms with E-state index in [1.54, 1.807) is 73.8 Å². The van der Waals surface area contributed by atoms with Crippen LogP contribution >= 0.6 is 23.4 Å². The zero-order valence-corrected chi connectivity index (χ0v) is 22.3. The summed E-state index contributed by atoms with van der Waals surface area (Å²) in [6.07, 6.45) is 4.18. The number of Topliss-reactive ketones (excluding diaryl/α,β-unsaturated/α-hetero) is 1. The number of thioether (sulfide) groups is 1. The van der Waals surface area contributed by atoms with E-state index in [9.17, 15) is 14.4 Å². The number of fused-ring (bicyclic) bond motifs is 1. The highest BCUT2D eigenvalue weighted by Crippen LogP contribution is 2.25. The minimum atomic E-state index is -0.291. The van der Waals surface area contributed by atoms with E-state index in [2.05, 4.69) is 5.32 Å². The Hall–Kier alpha value is -3.62. The molecule has 0 aliphatic heterocycles. The molecule has 9 heteroatoms. The molecular weight excluding hydrogens is 522 g/mol. The number of ketones is 1. The van der Waals surface area contributed by atoms with Gasteiger partial charge in [-0.05, 0) is 67.4 Å². The Bertz CT molecular complexity index is 1560. The number of carbonyl (C=O) groups excluding carboxylic acids is 2. The Morgan fingerprint density at radius 3 is 2.53 bits per heavy atom. The number of methoxy groups -OCH3 is 1. The van der Waals surface area contributed by atoms with Crippen LogP contribution in [0.15, 0.2) is 76.7 Å². The third kappa shape index (κ3) is 5.61. The van der Waals surface area contributed by atoms with Gasteiger partial charge in [-0.25, -0.2) is 4.98 Å². The van der Waals surface area contributed by atoms with Crippen molar-refractivity contribution in [1.82, 2.24) is 14.9 Å². The lowest BCUT2D eigenvalue weighted by atomic mass is 10.1. The van der Waals surface area contributed by atoms with Crippen molar-refractivity contribution in [2.45, 2.75) is 36.9 Å². The zero-order chi connectivity index (χ0) is 26.6. The third-order valence-corrected chi connectivity index (χ3v) is 7.77. The number of ether oxygens (including phenoxy) is 1. The van der Waals surface area contributed by atoms with Crippen molar-refractivity contribution in [3.05, 3.63) is 93.2 Å². The van der Waals surface area contributed by atoms with Crippen molar-refractivity contribution in [2.24, 2.45) is 0 Å². The number of nitrogens with one attached hydrogen (secondary N) is 1. The molecule has 0 unspecified atom stereocenters. The molecule has 0 saturated heterocycles. The molecule has 1 fully saturated rings. The Morgan fingerprint density at radius 1 is 1.05 bits per heavy atom. The van der Waals surface area contributed by atoms with Crippen LogP contribution in [0.5, 0.6) is 5.75 Å². The number of amides is 1. The molecule has 1 aliphatic rings. The van der Waals surface area contributed by atoms with Crippen molar-refractivity contribution in [3.63, 3.8) is 0 Å². The van der Waals surface area contributed by atoms with Crippen LogP contribution in [0.3, 0.4) is 0 Å². The Morgan fingerprint density at radius 2 is 1.82 bits per heavy atom. The van der Waals surface area contributed by atoms with Crippen LogP contribution in [-0.2, 0) is 0 Å². The number of nitrogens with zero attached hydrogens (tertiary/aromatic N) is 2. The van der Waals surface area contributed by atoms with Crippen molar-refractivity contribution >= 4 is 46.0 Å². The van der Waals surface area contributed by atoms with Crippen LogP contribution in [0.25, 0.3) is 16.6 Å². The molecule has 1 aromatic heterocycles. The van der Waals surface area contributed by atoms with Crippen molar-refractivity contribution in [3.8, 4) is 11.4 Å². The largest absolute Gasteiger partial charge is 0.497 e. The van der Waals surface area contributed by atoms with Gasteiger partial charge in [-0.1, -0.05) is 48.3 Å². The van der Waals surface area contributed by atoms with Crippen molar-refractivity contribution in [1.29, 1.82) is 0 Å². The summed E-state index contributed by atoms with van der Waals surface area (Å²) in [6.45, 7) is 0. The first-order chi connectivity index (χ1) is 18.4. The van der Waals surface area contributed by atoms with Crippen molar-refractivity contribution < 1.29 is 14.3 Å². The molecule has 0 spiro atoms. The fourth-order valence-electron chi connectivity index (χ4n) is 4.58. The second-order valence-corrected chi connectivity index (χ2v) is 10.5. The Labute approximate surface area is 229 Å². The van der Waals surface area contributed by atoms with E-state index in [4.69, 9.17) is 21.3 Å². The molecule has 1 heterocycles. The highest BCUT2D eigenvalue weighted by Gasteiger charge is 2.20. The lowest BCUT2D eigenvalue weighted by molar-refractivity contribution is 0.0937. The zero-order valence-electron chi connectivity index (χ0n) is 20.8. The summed E-state index contributed by atoms with van der Waals surface area (Å²) in [4.78, 5) is 44.2. The molecule has 5 rings (SSSR count). The lowest BCUT2D eigenvalue weighted by Crippen LogP contribution is -2.32. The third-order valence-electron chi connectivity index (χ3n) is 6.60. The first-order valence-corrected chi connectivity index (χ1v) is 13.7. The molecule has 1 amide bonds. The molecule has 0 bridgehead atoms. The average Bonchev–Trinajstić information content (AvgIpc) is 3.44. The summed E-state index contributed by atoms with van der Waals surface area (Å²) in [5.41, 5.74) is 1.63. The topological polar surface area (TPSA) is 90.3 Å². The summed E-state index contributed by atoms with van der Waals surface area (Å²) in [5, 5.41) is 4.27. The molecule has 38 heavy (non-hydrogen) atoms. The Balaban J connectivity index is 1.53. The fraction of sp³-hybridized carbons (Fsp3) is 0.241. The summed E-state index contributed by atoms with van der Waals surface area (Å²) >= 11 is 7.21. The minimum Gasteiger partial charge on any atom is -0.497 e. The SMILES string of the molecule is COc1ccc(-n2c(SCC(=O)c3cccc(Cl)c3)nc3cc(C(=O)NC4CCCC4)ccc3c2=O)cc1. The molecular formula is C29H26ClN3O4S. The molecule has 1 saturated carbocycles. The minimum absolute atomic E-state index is 0.0519. The standard InChI is InChI=1S/C29H26ClN3O4S/c1-37-23-12-10-22(11-13-23)33-28(36)24-14-9-19(27(35)31-21-7-2-3-8-21)16-25(24)32-29(33)38-17-26(34)18-5-4-6-20(30)15-18/h4-6,9-16,21H,2-3,7-8,17H2,1H3,(H,31,35). The number of benzene rings is 3. The predicted octanol–water partition coefficient (Wildman–Crippen LogP) is 5.70. The molecule has 4 aromatic rings. The number of rotatable bonds is 8. The Kier molecular flexibility index (Phi) is 7.81. The maximum atomic E-state index is 13.7. The first kappa shape index (κ1) is 26.0. The maximum Gasteiger partial charge on any atom is 0.266 e. The van der Waals surface area contributed by atoms with Gasteiger partial charge in [0.15, 0.2) is 10.9 Å². The van der Waals surface area contributed by atoms with E-state index in [-0.39, 0.29) is 29.0 Å². The second kappa shape index (κ2) is 11.4. The van der Waals surface area contributed by atoms with Gasteiger partial charge in [0.2, 0.25) is 0 Å². The summed E-state index contributed by atoms with van der Waals surface area (Å²) in [6, 6.07) is 18.9. The molecule has 7 nitrogen and oxygen atoms in total. The number of hydrogen-bond acceptors (Lipinski definition) is 6. The maximum absolute atomic E-state index is 13.7. The summed E-state index contributed by atoms with van der Waals surface area (Å²) < 4.78 is 6.74. The molecule has 1 aliphatic carbocycles. The van der Waals surface area contributed by atoms with Gasteiger partial charge in [0.05, 0.1) is 29.5 Å². The van der Waals surface area contributed by atoms with Gasteiger partial charge in [-0.15, -0.1) is 0 Å². The van der Waals surface area contributed by atoms with Crippen LogP contribution in [0.2, 0.25) is 5.02 Å². The van der Waals surface area contributed by atoms with E-state index in [0.29, 0.717) is 43.6 Å². The van der Waals surface area contributed by atoms with E-state index in [0.717, 1.165) is 37.4 Å². The second-order valence-electron chi connectivity index (χ2n) is 9.14. The van der Waals surface area contributed by atoms with Crippen LogP contribution < -0.4 is 15.6 Å². The van der Waals surface area contributed by atoms with Gasteiger partial charge in [0.25, 0.3) is 11.5 Å². The lowest BCUT2D eigenvalue weighted by Gasteiger charge is -2.15. The van der Waals surface area contributed by atoms with Gasteiger partial charge in [-0.2, -0.15) is 0 Å². The quantitative estimate of drug-likeness (QED) is 0.173. The fourth-order valence-corrected chi connectivity index (χ4v) is 5.67. The highest BCUT2D eigenvalue weighted by atomic mass is 35.5. The van der Waals surface area contributed by atoms with Gasteiger partial charge >= 0.3 is 0 Å². The van der Waals surface area contributed by atoms with E-state index >= 15 is 0 Å². The van der Waals surface area contributed by atoms with Crippen LogP contribution in [-0.4, -0.2) is 40.1 Å². The predicted molar refractivity (Wildman–Crippen MR) is 150 cm³/mol. The number of carbonyl (C=O) groups is 2. The van der Waals surface area contributed by atoms with Crippen molar-refractivity contribution in [2.75, 3.05) is 12.9 Å². The van der Waals surface area contributed by atoms with E-state index < -0.39 is 0 Å². The monoisotopic (exact) mass is 547 g/mol. The van der Waals surface area contributed by atoms with Crippen LogP contribution in [0, 0.1) is 0 Å². The summed E-state index contributed by atoms with van der Waals surface area (Å²) in [7, 11) is 1.57. The molecule has 3 aromatic carbocycles. The number of hydrogen-bond donors (Lipinski definition) is 1. The van der Waals surface area contributed by atoms with Crippen LogP contribution in [0.1, 0.15) is 46.4 Å².